The van der Waals surface area contributed by atoms with E-state index < -0.39 is 6.43 Å². The van der Waals surface area contributed by atoms with Crippen LogP contribution in [0.3, 0.4) is 0 Å². The number of ether oxygens (including phenoxy) is 1. The van der Waals surface area contributed by atoms with Crippen molar-refractivity contribution in [1.29, 1.82) is 0 Å². The van der Waals surface area contributed by atoms with Crippen molar-refractivity contribution in [2.75, 3.05) is 49.6 Å². The average molecular weight is 526 g/mol. The number of aromatic nitrogens is 4. The molecule has 0 spiro atoms. The molecule has 202 valence electrons. The number of rotatable bonds is 7. The molecule has 3 aliphatic rings. The molecule has 38 heavy (non-hydrogen) atoms. The first kappa shape index (κ1) is 25.0. The molecule has 1 N–H and O–H groups in total. The van der Waals surface area contributed by atoms with Gasteiger partial charge in [-0.2, -0.15) is 9.97 Å². The normalized spacial score (nSPS) is 22.6. The van der Waals surface area contributed by atoms with Gasteiger partial charge in [0.1, 0.15) is 11.6 Å². The molecular weight excluding hydrogens is 492 g/mol. The van der Waals surface area contributed by atoms with E-state index in [4.69, 9.17) is 14.7 Å². The average Bonchev–Trinajstić information content (AvgIpc) is 3.56. The molecule has 2 saturated heterocycles. The number of imidazole rings is 1. The molecule has 2 aromatic heterocycles. The van der Waals surface area contributed by atoms with Crippen molar-refractivity contribution < 1.29 is 18.3 Å². The zero-order chi connectivity index (χ0) is 26.1. The lowest BCUT2D eigenvalue weighted by Crippen LogP contribution is -2.39. The number of nitrogens with zero attached hydrogens (tertiary/aromatic N) is 6. The Kier molecular flexibility index (Phi) is 7.10. The third-order valence-corrected chi connectivity index (χ3v) is 7.96. The largest absolute Gasteiger partial charge is 0.378 e. The maximum absolute atomic E-state index is 14.1. The smallest absolute Gasteiger partial charge is 0.296 e. The summed E-state index contributed by atoms with van der Waals surface area (Å²) in [5.74, 6) is 1.85. The zero-order valence-electron chi connectivity index (χ0n) is 21.4. The molecule has 6 rings (SSSR count). The van der Waals surface area contributed by atoms with Gasteiger partial charge in [0.05, 0.1) is 24.2 Å². The SMILES string of the molecule is O=C1CCCN1C1CCC(CNc2nc(N3CCOCC3)cc(-n3c(C(F)F)nc4ccccc43)n2)CC1. The van der Waals surface area contributed by atoms with Crippen molar-refractivity contribution in [2.24, 2.45) is 5.92 Å². The molecule has 0 bridgehead atoms. The molecule has 2 aliphatic heterocycles. The van der Waals surface area contributed by atoms with Gasteiger partial charge in [-0.1, -0.05) is 12.1 Å². The number of amides is 1. The van der Waals surface area contributed by atoms with Gasteiger partial charge in [0.15, 0.2) is 5.82 Å². The lowest BCUT2D eigenvalue weighted by atomic mass is 9.85. The highest BCUT2D eigenvalue weighted by Crippen LogP contribution is 2.32. The molecular formula is C27H33F2N7O2. The van der Waals surface area contributed by atoms with Crippen LogP contribution in [0.2, 0.25) is 0 Å². The molecule has 9 nitrogen and oxygen atoms in total. The number of para-hydroxylation sites is 2. The summed E-state index contributed by atoms with van der Waals surface area (Å²) in [5, 5.41) is 3.40. The van der Waals surface area contributed by atoms with Crippen LogP contribution in [0.5, 0.6) is 0 Å². The van der Waals surface area contributed by atoms with Crippen LogP contribution in [-0.2, 0) is 9.53 Å². The van der Waals surface area contributed by atoms with Crippen LogP contribution in [0.15, 0.2) is 30.3 Å². The Labute approximate surface area is 220 Å². The lowest BCUT2D eigenvalue weighted by Gasteiger charge is -2.34. The van der Waals surface area contributed by atoms with Gasteiger partial charge in [-0.25, -0.2) is 13.8 Å². The molecule has 0 unspecified atom stereocenters. The predicted molar refractivity (Wildman–Crippen MR) is 140 cm³/mol. The van der Waals surface area contributed by atoms with Crippen LogP contribution in [0, 0.1) is 5.92 Å². The molecule has 3 aromatic rings. The molecule has 3 fully saturated rings. The fraction of sp³-hybridized carbons (Fsp3) is 0.556. The van der Waals surface area contributed by atoms with E-state index in [2.05, 4.69) is 20.1 Å². The number of benzene rings is 1. The van der Waals surface area contributed by atoms with E-state index in [9.17, 15) is 13.6 Å². The van der Waals surface area contributed by atoms with Gasteiger partial charge >= 0.3 is 0 Å². The first-order valence-corrected chi connectivity index (χ1v) is 13.6. The molecule has 1 aromatic carbocycles. The number of likely N-dealkylation sites (tertiary alicyclic amines) is 1. The van der Waals surface area contributed by atoms with Gasteiger partial charge in [-0.3, -0.25) is 9.36 Å². The minimum absolute atomic E-state index is 0.294. The third kappa shape index (κ3) is 5.03. The van der Waals surface area contributed by atoms with Crippen molar-refractivity contribution in [3.63, 3.8) is 0 Å². The fourth-order valence-corrected chi connectivity index (χ4v) is 5.95. The number of hydrogen-bond acceptors (Lipinski definition) is 7. The summed E-state index contributed by atoms with van der Waals surface area (Å²) < 4.78 is 35.1. The summed E-state index contributed by atoms with van der Waals surface area (Å²) in [7, 11) is 0. The summed E-state index contributed by atoms with van der Waals surface area (Å²) in [6.45, 7) is 4.09. The quantitative estimate of drug-likeness (QED) is 0.495. The second-order valence-corrected chi connectivity index (χ2v) is 10.3. The Hall–Kier alpha value is -3.34. The Morgan fingerprint density at radius 2 is 1.76 bits per heavy atom. The van der Waals surface area contributed by atoms with E-state index in [0.29, 0.717) is 85.8 Å². The number of alkyl halides is 2. The number of hydrogen-bond donors (Lipinski definition) is 1. The highest BCUT2D eigenvalue weighted by atomic mass is 19.3. The maximum Gasteiger partial charge on any atom is 0.296 e. The maximum atomic E-state index is 14.1. The Morgan fingerprint density at radius 1 is 1.00 bits per heavy atom. The van der Waals surface area contributed by atoms with Gasteiger partial charge in [0.2, 0.25) is 11.9 Å². The van der Waals surface area contributed by atoms with Crippen molar-refractivity contribution in [2.45, 2.75) is 51.0 Å². The van der Waals surface area contributed by atoms with Crippen molar-refractivity contribution in [1.82, 2.24) is 24.4 Å². The van der Waals surface area contributed by atoms with Crippen LogP contribution in [0.25, 0.3) is 16.9 Å². The summed E-state index contributed by atoms with van der Waals surface area (Å²) in [6.07, 6.45) is 2.98. The topological polar surface area (TPSA) is 88.4 Å². The molecule has 0 atom stereocenters. The number of anilines is 2. The first-order chi connectivity index (χ1) is 18.6. The van der Waals surface area contributed by atoms with Crippen molar-refractivity contribution in [3.05, 3.63) is 36.2 Å². The standard InChI is InChI=1S/C27H33F2N7O2/c28-25(29)26-31-20-4-1-2-5-21(20)36(26)23-16-22(34-12-14-38-15-13-34)32-27(33-23)30-17-18-7-9-19(10-8-18)35-11-3-6-24(35)37/h1-2,4-5,16,18-19,25H,3,6-15,17H2,(H,30,32,33). The Balaban J connectivity index is 1.25. The van der Waals surface area contributed by atoms with Crippen LogP contribution in [-0.4, -0.2) is 75.8 Å². The summed E-state index contributed by atoms with van der Waals surface area (Å²) in [5.41, 5.74) is 1.08. The lowest BCUT2D eigenvalue weighted by molar-refractivity contribution is -0.130. The van der Waals surface area contributed by atoms with Gasteiger partial charge in [-0.05, 0) is 50.2 Å². The highest BCUT2D eigenvalue weighted by Gasteiger charge is 2.31. The molecule has 1 amide bonds. The van der Waals surface area contributed by atoms with Gasteiger partial charge in [-0.15, -0.1) is 0 Å². The van der Waals surface area contributed by atoms with Crippen LogP contribution < -0.4 is 10.2 Å². The van der Waals surface area contributed by atoms with Crippen LogP contribution in [0.4, 0.5) is 20.5 Å². The monoisotopic (exact) mass is 525 g/mol. The van der Waals surface area contributed by atoms with Gasteiger partial charge < -0.3 is 19.9 Å². The minimum atomic E-state index is -2.75. The second kappa shape index (κ2) is 10.8. The predicted octanol–water partition coefficient (Wildman–Crippen LogP) is 4.18. The highest BCUT2D eigenvalue weighted by molar-refractivity contribution is 5.79. The van der Waals surface area contributed by atoms with E-state index in [1.54, 1.807) is 24.3 Å². The van der Waals surface area contributed by atoms with Crippen LogP contribution in [0.1, 0.15) is 50.8 Å². The molecule has 1 aliphatic carbocycles. The van der Waals surface area contributed by atoms with E-state index in [1.165, 1.54) is 4.57 Å². The molecule has 0 radical (unpaired) electrons. The third-order valence-electron chi connectivity index (χ3n) is 7.96. The van der Waals surface area contributed by atoms with Crippen molar-refractivity contribution in [3.8, 4) is 5.82 Å². The molecule has 11 heteroatoms. The molecule has 1 saturated carbocycles. The summed E-state index contributed by atoms with van der Waals surface area (Å²) in [6, 6.07) is 9.22. The minimum Gasteiger partial charge on any atom is -0.378 e. The fourth-order valence-electron chi connectivity index (χ4n) is 5.95. The number of fused-ring (bicyclic) bond motifs is 1. The zero-order valence-corrected chi connectivity index (χ0v) is 21.4. The van der Waals surface area contributed by atoms with E-state index >= 15 is 0 Å². The Bertz CT molecular complexity index is 1290. The number of nitrogens with one attached hydrogen (secondary N) is 1. The summed E-state index contributed by atoms with van der Waals surface area (Å²) in [4.78, 5) is 30.0. The van der Waals surface area contributed by atoms with Gasteiger partial charge in [0, 0.05) is 44.7 Å². The van der Waals surface area contributed by atoms with E-state index in [0.717, 1.165) is 38.6 Å². The van der Waals surface area contributed by atoms with E-state index in [-0.39, 0.29) is 5.82 Å². The number of morpholine rings is 1. The van der Waals surface area contributed by atoms with E-state index in [1.807, 2.05) is 6.07 Å². The summed E-state index contributed by atoms with van der Waals surface area (Å²) >= 11 is 0. The second-order valence-electron chi connectivity index (χ2n) is 10.3. The first-order valence-electron chi connectivity index (χ1n) is 13.6. The van der Waals surface area contributed by atoms with Gasteiger partial charge in [0.25, 0.3) is 6.43 Å². The number of halogens is 2. The Morgan fingerprint density at radius 3 is 2.50 bits per heavy atom. The number of carbonyl (C=O) groups excluding carboxylic acids is 1. The van der Waals surface area contributed by atoms with Crippen molar-refractivity contribution >= 4 is 28.7 Å². The number of carbonyl (C=O) groups is 1. The molecule has 4 heterocycles. The van der Waals surface area contributed by atoms with Crippen LogP contribution >= 0.6 is 0 Å².